The zero-order chi connectivity index (χ0) is 17.2. The van der Waals surface area contributed by atoms with Gasteiger partial charge < -0.3 is 9.80 Å². The minimum Gasteiger partial charge on any atom is -0.368 e. The number of aryl methyl sites for hydroxylation is 1. The average Bonchev–Trinajstić information content (AvgIpc) is 3.26. The van der Waals surface area contributed by atoms with Crippen LogP contribution in [0.4, 0.5) is 5.69 Å². The van der Waals surface area contributed by atoms with Gasteiger partial charge >= 0.3 is 0 Å². The van der Waals surface area contributed by atoms with Crippen molar-refractivity contribution >= 4 is 45.9 Å². The van der Waals surface area contributed by atoms with Gasteiger partial charge in [-0.05, 0) is 53.9 Å². The van der Waals surface area contributed by atoms with E-state index in [2.05, 4.69) is 46.0 Å². The first-order chi connectivity index (χ1) is 12.2. The quantitative estimate of drug-likeness (QED) is 0.754. The summed E-state index contributed by atoms with van der Waals surface area (Å²) in [7, 11) is 0. The second-order valence-electron chi connectivity index (χ2n) is 6.14. The van der Waals surface area contributed by atoms with Crippen LogP contribution in [-0.2, 0) is 4.79 Å². The van der Waals surface area contributed by atoms with Crippen LogP contribution in [-0.4, -0.2) is 42.2 Å². The molecular formula is C19H19N3OS2. The molecular weight excluding hydrogens is 350 g/mol. The predicted octanol–water partition coefficient (Wildman–Crippen LogP) is 3.85. The third-order valence-corrected chi connectivity index (χ3v) is 6.21. The Morgan fingerprint density at radius 1 is 1.08 bits per heavy atom. The SMILES string of the molecule is Cc1cccc(N2CCN(C3=NC(=O)/C(=C\c4cccs4)S3)CC2)c1. The molecule has 0 atom stereocenters. The van der Waals surface area contributed by atoms with Gasteiger partial charge in [0.25, 0.3) is 5.91 Å². The second kappa shape index (κ2) is 7.06. The molecule has 2 aliphatic rings. The fourth-order valence-corrected chi connectivity index (χ4v) is 4.70. The highest BCUT2D eigenvalue weighted by atomic mass is 32.2. The third kappa shape index (κ3) is 3.65. The Kier molecular flexibility index (Phi) is 4.63. The normalized spacial score (nSPS) is 19.6. The summed E-state index contributed by atoms with van der Waals surface area (Å²) in [5.41, 5.74) is 2.56. The number of carbonyl (C=O) groups is 1. The van der Waals surface area contributed by atoms with Crippen molar-refractivity contribution < 1.29 is 4.79 Å². The molecule has 2 aliphatic heterocycles. The van der Waals surface area contributed by atoms with Gasteiger partial charge in [0.05, 0.1) is 4.91 Å². The lowest BCUT2D eigenvalue weighted by Gasteiger charge is -2.36. The molecule has 0 N–H and O–H groups in total. The number of amides is 1. The van der Waals surface area contributed by atoms with Gasteiger partial charge in [-0.25, -0.2) is 0 Å². The van der Waals surface area contributed by atoms with Crippen LogP contribution >= 0.6 is 23.1 Å². The Bertz CT molecular complexity index is 834. The Morgan fingerprint density at radius 2 is 1.88 bits per heavy atom. The summed E-state index contributed by atoms with van der Waals surface area (Å²) >= 11 is 3.13. The highest BCUT2D eigenvalue weighted by Crippen LogP contribution is 2.31. The van der Waals surface area contributed by atoms with Gasteiger partial charge in [0.2, 0.25) is 0 Å². The second-order valence-corrected chi connectivity index (χ2v) is 8.13. The highest BCUT2D eigenvalue weighted by molar-refractivity contribution is 8.18. The van der Waals surface area contributed by atoms with Gasteiger partial charge in [-0.3, -0.25) is 4.79 Å². The number of rotatable bonds is 2. The molecule has 0 spiro atoms. The summed E-state index contributed by atoms with van der Waals surface area (Å²) < 4.78 is 0. The number of piperazine rings is 1. The summed E-state index contributed by atoms with van der Waals surface area (Å²) in [6.45, 7) is 5.79. The van der Waals surface area contributed by atoms with Crippen LogP contribution in [0.25, 0.3) is 6.08 Å². The van der Waals surface area contributed by atoms with E-state index in [4.69, 9.17) is 0 Å². The third-order valence-electron chi connectivity index (χ3n) is 4.34. The summed E-state index contributed by atoms with van der Waals surface area (Å²) in [4.78, 5) is 22.9. The van der Waals surface area contributed by atoms with Gasteiger partial charge in [0, 0.05) is 36.7 Å². The molecule has 4 rings (SSSR count). The molecule has 1 amide bonds. The van der Waals surface area contributed by atoms with Gasteiger partial charge in [-0.15, -0.1) is 11.3 Å². The lowest BCUT2D eigenvalue weighted by atomic mass is 10.2. The molecule has 2 aromatic rings. The molecule has 0 aliphatic carbocycles. The molecule has 6 heteroatoms. The molecule has 25 heavy (non-hydrogen) atoms. The molecule has 128 valence electrons. The summed E-state index contributed by atoms with van der Waals surface area (Å²) in [5.74, 6) is -0.116. The fourth-order valence-electron chi connectivity index (χ4n) is 3.02. The number of thioether (sulfide) groups is 1. The van der Waals surface area contributed by atoms with Crippen LogP contribution in [0.2, 0.25) is 0 Å². The number of anilines is 1. The van der Waals surface area contributed by atoms with Gasteiger partial charge in [-0.1, -0.05) is 18.2 Å². The van der Waals surface area contributed by atoms with Crippen LogP contribution in [0.5, 0.6) is 0 Å². The van der Waals surface area contributed by atoms with E-state index in [1.165, 1.54) is 23.0 Å². The largest absolute Gasteiger partial charge is 0.368 e. The number of amidine groups is 1. The van der Waals surface area contributed by atoms with E-state index >= 15 is 0 Å². The number of aliphatic imine (C=N–C) groups is 1. The van der Waals surface area contributed by atoms with Gasteiger partial charge in [0.1, 0.15) is 0 Å². The Hall–Kier alpha value is -2.05. The smallest absolute Gasteiger partial charge is 0.286 e. The van der Waals surface area contributed by atoms with Crippen molar-refractivity contribution in [1.82, 2.24) is 4.90 Å². The molecule has 0 radical (unpaired) electrons. The molecule has 4 nitrogen and oxygen atoms in total. The van der Waals surface area contributed by atoms with Crippen molar-refractivity contribution in [3.8, 4) is 0 Å². The number of benzene rings is 1. The van der Waals surface area contributed by atoms with Crippen molar-refractivity contribution in [2.24, 2.45) is 4.99 Å². The summed E-state index contributed by atoms with van der Waals surface area (Å²) in [6.07, 6.45) is 1.94. The van der Waals surface area contributed by atoms with Crippen molar-refractivity contribution in [3.63, 3.8) is 0 Å². The van der Waals surface area contributed by atoms with Crippen molar-refractivity contribution in [2.45, 2.75) is 6.92 Å². The molecule has 3 heterocycles. The van der Waals surface area contributed by atoms with E-state index in [-0.39, 0.29) is 5.91 Å². The van der Waals surface area contributed by atoms with Crippen molar-refractivity contribution in [2.75, 3.05) is 31.1 Å². The van der Waals surface area contributed by atoms with Gasteiger partial charge in [0.15, 0.2) is 5.17 Å². The number of nitrogens with zero attached hydrogens (tertiary/aromatic N) is 3. The van der Waals surface area contributed by atoms with E-state index in [9.17, 15) is 4.79 Å². The maximum Gasteiger partial charge on any atom is 0.286 e. The van der Waals surface area contributed by atoms with Crippen molar-refractivity contribution in [3.05, 3.63) is 57.1 Å². The summed E-state index contributed by atoms with van der Waals surface area (Å²) in [5, 5.41) is 2.86. The zero-order valence-electron chi connectivity index (χ0n) is 14.0. The molecule has 0 bridgehead atoms. The number of hydrogen-bond donors (Lipinski definition) is 0. The first-order valence-electron chi connectivity index (χ1n) is 8.32. The number of carbonyl (C=O) groups excluding carboxylic acids is 1. The van der Waals surface area contributed by atoms with Gasteiger partial charge in [-0.2, -0.15) is 4.99 Å². The van der Waals surface area contributed by atoms with Crippen molar-refractivity contribution in [1.29, 1.82) is 0 Å². The molecule has 1 saturated heterocycles. The lowest BCUT2D eigenvalue weighted by molar-refractivity contribution is -0.113. The molecule has 1 aromatic carbocycles. The molecule has 0 saturated carbocycles. The zero-order valence-corrected chi connectivity index (χ0v) is 15.6. The summed E-state index contributed by atoms with van der Waals surface area (Å²) in [6, 6.07) is 12.6. The highest BCUT2D eigenvalue weighted by Gasteiger charge is 2.28. The minimum absolute atomic E-state index is 0.116. The number of hydrogen-bond acceptors (Lipinski definition) is 5. The molecule has 1 fully saturated rings. The fraction of sp³-hybridized carbons (Fsp3) is 0.263. The Morgan fingerprint density at radius 3 is 2.60 bits per heavy atom. The minimum atomic E-state index is -0.116. The predicted molar refractivity (Wildman–Crippen MR) is 107 cm³/mol. The topological polar surface area (TPSA) is 35.9 Å². The van der Waals surface area contributed by atoms with E-state index in [1.54, 1.807) is 11.3 Å². The van der Waals surface area contributed by atoms with Crippen LogP contribution in [0, 0.1) is 6.92 Å². The standard InChI is InChI=1S/C19H19N3OS2/c1-14-4-2-5-15(12-14)21-7-9-22(10-8-21)19-20-18(23)17(25-19)13-16-6-3-11-24-16/h2-6,11-13H,7-10H2,1H3/b17-13+. The molecule has 1 aromatic heterocycles. The average molecular weight is 370 g/mol. The lowest BCUT2D eigenvalue weighted by Crippen LogP contribution is -2.47. The first-order valence-corrected chi connectivity index (χ1v) is 10.0. The maximum absolute atomic E-state index is 12.2. The van der Waals surface area contributed by atoms with E-state index in [0.717, 1.165) is 41.1 Å². The number of thiophene rings is 1. The first kappa shape index (κ1) is 16.4. The van der Waals surface area contributed by atoms with Crippen LogP contribution in [0.15, 0.2) is 51.7 Å². The van der Waals surface area contributed by atoms with Crippen LogP contribution in [0.1, 0.15) is 10.4 Å². The van der Waals surface area contributed by atoms with Crippen LogP contribution < -0.4 is 4.90 Å². The Labute approximate surface area is 155 Å². The van der Waals surface area contributed by atoms with E-state index in [1.807, 2.05) is 23.6 Å². The maximum atomic E-state index is 12.2. The Balaban J connectivity index is 1.40. The van der Waals surface area contributed by atoms with E-state index in [0.29, 0.717) is 0 Å². The molecule has 0 unspecified atom stereocenters. The monoisotopic (exact) mass is 369 g/mol. The van der Waals surface area contributed by atoms with E-state index < -0.39 is 0 Å². The van der Waals surface area contributed by atoms with Crippen LogP contribution in [0.3, 0.4) is 0 Å².